The van der Waals surface area contributed by atoms with Crippen LogP contribution in [0.2, 0.25) is 10.0 Å². The molecule has 0 spiro atoms. The molecule has 0 fully saturated rings. The molecule has 2 aromatic carbocycles. The first-order chi connectivity index (χ1) is 9.50. The summed E-state index contributed by atoms with van der Waals surface area (Å²) in [6, 6.07) is 9.52. The third kappa shape index (κ3) is 1.77. The minimum Gasteiger partial charge on any atom is -0.396 e. The number of nitrogens with zero attached hydrogens (tertiary/aromatic N) is 1. The predicted octanol–water partition coefficient (Wildman–Crippen LogP) is 3.38. The molecule has 0 bridgehead atoms. The minimum absolute atomic E-state index is 0.198. The van der Waals surface area contributed by atoms with Crippen LogP contribution >= 0.6 is 23.2 Å². The number of anilines is 2. The number of benzene rings is 2. The molecular weight excluding hydrogens is 299 g/mol. The average molecular weight is 307 g/mol. The van der Waals surface area contributed by atoms with Gasteiger partial charge in [0.2, 0.25) is 0 Å². The highest BCUT2D eigenvalue weighted by atomic mass is 35.5. The van der Waals surface area contributed by atoms with Gasteiger partial charge in [-0.25, -0.2) is 4.90 Å². The van der Waals surface area contributed by atoms with Crippen LogP contribution in [0.15, 0.2) is 36.4 Å². The van der Waals surface area contributed by atoms with E-state index < -0.39 is 11.8 Å². The molecule has 1 aliphatic heterocycles. The van der Waals surface area contributed by atoms with Gasteiger partial charge < -0.3 is 5.73 Å². The van der Waals surface area contributed by atoms with Gasteiger partial charge in [0, 0.05) is 0 Å². The molecule has 1 aliphatic rings. The first-order valence-electron chi connectivity index (χ1n) is 5.73. The van der Waals surface area contributed by atoms with E-state index in [2.05, 4.69) is 0 Å². The van der Waals surface area contributed by atoms with E-state index in [-0.39, 0.29) is 15.7 Å². The van der Waals surface area contributed by atoms with E-state index in [1.165, 1.54) is 12.1 Å². The quantitative estimate of drug-likeness (QED) is 0.649. The number of nitrogen functional groups attached to an aromatic ring is 1. The van der Waals surface area contributed by atoms with E-state index in [1.807, 2.05) is 0 Å². The standard InChI is InChI=1S/C14H8Cl2N2O2/c15-10-5-7(6-11(16)12(10)17)18-13(19)8-3-1-2-4-9(8)14(18)20/h1-6H,17H2. The van der Waals surface area contributed by atoms with Crippen LogP contribution in [0, 0.1) is 0 Å². The van der Waals surface area contributed by atoms with Gasteiger partial charge in [-0.1, -0.05) is 35.3 Å². The SMILES string of the molecule is Nc1c(Cl)cc(N2C(=O)c3ccccc3C2=O)cc1Cl. The molecule has 0 radical (unpaired) electrons. The zero-order valence-electron chi connectivity index (χ0n) is 10.1. The van der Waals surface area contributed by atoms with E-state index in [4.69, 9.17) is 28.9 Å². The van der Waals surface area contributed by atoms with Gasteiger partial charge in [0.15, 0.2) is 0 Å². The molecule has 0 saturated carbocycles. The van der Waals surface area contributed by atoms with Crippen molar-refractivity contribution < 1.29 is 9.59 Å². The smallest absolute Gasteiger partial charge is 0.266 e. The number of carbonyl (C=O) groups is 2. The molecule has 3 rings (SSSR count). The maximum Gasteiger partial charge on any atom is 0.266 e. The fourth-order valence-electron chi connectivity index (χ4n) is 2.12. The third-order valence-electron chi connectivity index (χ3n) is 3.12. The van der Waals surface area contributed by atoms with Gasteiger partial charge in [0.05, 0.1) is 32.5 Å². The van der Waals surface area contributed by atoms with Gasteiger partial charge in [0.1, 0.15) is 0 Å². The van der Waals surface area contributed by atoms with E-state index >= 15 is 0 Å². The van der Waals surface area contributed by atoms with Crippen LogP contribution in [0.3, 0.4) is 0 Å². The Morgan fingerprint density at radius 2 is 1.35 bits per heavy atom. The Morgan fingerprint density at radius 1 is 0.900 bits per heavy atom. The lowest BCUT2D eigenvalue weighted by molar-refractivity contribution is 0.0926. The van der Waals surface area contributed by atoms with Crippen LogP contribution < -0.4 is 10.6 Å². The number of hydrogen-bond donors (Lipinski definition) is 1. The lowest BCUT2D eigenvalue weighted by Crippen LogP contribution is -2.29. The van der Waals surface area contributed by atoms with E-state index in [0.717, 1.165) is 4.90 Å². The van der Waals surface area contributed by atoms with Gasteiger partial charge in [-0.05, 0) is 24.3 Å². The lowest BCUT2D eigenvalue weighted by atomic mass is 10.1. The van der Waals surface area contributed by atoms with Crippen molar-refractivity contribution in [2.24, 2.45) is 0 Å². The fraction of sp³-hybridized carbons (Fsp3) is 0. The molecule has 0 aromatic heterocycles. The number of amides is 2. The largest absolute Gasteiger partial charge is 0.396 e. The Labute approximate surface area is 124 Å². The van der Waals surface area contributed by atoms with Crippen molar-refractivity contribution in [3.05, 3.63) is 57.6 Å². The number of fused-ring (bicyclic) bond motifs is 1. The summed E-state index contributed by atoms with van der Waals surface area (Å²) in [5, 5.41) is 0.396. The summed E-state index contributed by atoms with van der Waals surface area (Å²) >= 11 is 11.9. The van der Waals surface area contributed by atoms with Crippen molar-refractivity contribution in [2.45, 2.75) is 0 Å². The molecule has 0 aliphatic carbocycles. The molecule has 0 saturated heterocycles. The van der Waals surface area contributed by atoms with Crippen LogP contribution in [0.1, 0.15) is 20.7 Å². The zero-order valence-corrected chi connectivity index (χ0v) is 11.6. The van der Waals surface area contributed by atoms with Gasteiger partial charge in [-0.15, -0.1) is 0 Å². The Morgan fingerprint density at radius 3 is 1.80 bits per heavy atom. The fourth-order valence-corrected chi connectivity index (χ4v) is 2.60. The maximum atomic E-state index is 12.3. The molecule has 4 nitrogen and oxygen atoms in total. The summed E-state index contributed by atoms with van der Waals surface area (Å²) in [5.41, 5.74) is 6.90. The van der Waals surface area contributed by atoms with Crippen LogP contribution in [-0.4, -0.2) is 11.8 Å². The number of rotatable bonds is 1. The molecule has 1 heterocycles. The summed E-state index contributed by atoms with van der Waals surface area (Å²) in [6.07, 6.45) is 0. The van der Waals surface area contributed by atoms with Crippen LogP contribution in [-0.2, 0) is 0 Å². The number of nitrogens with two attached hydrogens (primary N) is 1. The zero-order chi connectivity index (χ0) is 14.4. The van der Waals surface area contributed by atoms with Crippen molar-refractivity contribution >= 4 is 46.4 Å². The Kier molecular flexibility index (Phi) is 2.92. The number of hydrogen-bond acceptors (Lipinski definition) is 3. The van der Waals surface area contributed by atoms with E-state index in [1.54, 1.807) is 24.3 Å². The molecule has 20 heavy (non-hydrogen) atoms. The summed E-state index contributed by atoms with van der Waals surface area (Å²) in [6.45, 7) is 0. The number of halogens is 2. The predicted molar refractivity (Wildman–Crippen MR) is 78.5 cm³/mol. The first kappa shape index (κ1) is 13.0. The molecule has 0 unspecified atom stereocenters. The van der Waals surface area contributed by atoms with Crippen LogP contribution in [0.5, 0.6) is 0 Å². The van der Waals surface area contributed by atoms with Crippen molar-refractivity contribution in [3.63, 3.8) is 0 Å². The van der Waals surface area contributed by atoms with Gasteiger partial charge >= 0.3 is 0 Å². The molecular formula is C14H8Cl2N2O2. The van der Waals surface area contributed by atoms with Crippen molar-refractivity contribution in [2.75, 3.05) is 10.6 Å². The van der Waals surface area contributed by atoms with Crippen molar-refractivity contribution in [1.29, 1.82) is 0 Å². The summed E-state index contributed by atoms with van der Waals surface area (Å²) in [5.74, 6) is -0.801. The third-order valence-corrected chi connectivity index (χ3v) is 3.74. The normalized spacial score (nSPS) is 13.8. The number of carbonyl (C=O) groups excluding carboxylic acids is 2. The second-order valence-electron chi connectivity index (χ2n) is 4.31. The first-order valence-corrected chi connectivity index (χ1v) is 6.48. The molecule has 2 amide bonds. The summed E-state index contributed by atoms with van der Waals surface area (Å²) in [7, 11) is 0. The topological polar surface area (TPSA) is 63.4 Å². The Balaban J connectivity index is 2.14. The van der Waals surface area contributed by atoms with Gasteiger partial charge in [-0.2, -0.15) is 0 Å². The highest BCUT2D eigenvalue weighted by molar-refractivity contribution is 6.40. The monoisotopic (exact) mass is 306 g/mol. The Hall–Kier alpha value is -2.04. The molecule has 0 atom stereocenters. The van der Waals surface area contributed by atoms with Crippen LogP contribution in [0.4, 0.5) is 11.4 Å². The molecule has 2 N–H and O–H groups in total. The highest BCUT2D eigenvalue weighted by Crippen LogP contribution is 2.36. The highest BCUT2D eigenvalue weighted by Gasteiger charge is 2.36. The molecule has 100 valence electrons. The lowest BCUT2D eigenvalue weighted by Gasteiger charge is -2.15. The van der Waals surface area contributed by atoms with Gasteiger partial charge in [-0.3, -0.25) is 9.59 Å². The average Bonchev–Trinajstić information content (AvgIpc) is 2.68. The molecule has 6 heteroatoms. The second kappa shape index (κ2) is 4.51. The van der Waals surface area contributed by atoms with E-state index in [9.17, 15) is 9.59 Å². The maximum absolute atomic E-state index is 12.3. The summed E-state index contributed by atoms with van der Waals surface area (Å²) in [4.78, 5) is 25.6. The van der Waals surface area contributed by atoms with E-state index in [0.29, 0.717) is 16.8 Å². The van der Waals surface area contributed by atoms with Crippen LogP contribution in [0.25, 0.3) is 0 Å². The van der Waals surface area contributed by atoms with Crippen molar-refractivity contribution in [3.8, 4) is 0 Å². The second-order valence-corrected chi connectivity index (χ2v) is 5.13. The van der Waals surface area contributed by atoms with Crippen molar-refractivity contribution in [1.82, 2.24) is 0 Å². The molecule has 2 aromatic rings. The number of imide groups is 1. The minimum atomic E-state index is -0.400. The summed E-state index contributed by atoms with van der Waals surface area (Å²) < 4.78 is 0. The van der Waals surface area contributed by atoms with Gasteiger partial charge in [0.25, 0.3) is 11.8 Å². The Bertz CT molecular complexity index is 701.